The van der Waals surface area contributed by atoms with Gasteiger partial charge in [-0.3, -0.25) is 4.90 Å². The van der Waals surface area contributed by atoms with Crippen LogP contribution in [0.1, 0.15) is 48.3 Å². The molecule has 4 rings (SSSR count). The predicted octanol–water partition coefficient (Wildman–Crippen LogP) is 5.59. The number of hydrogen-bond donors (Lipinski definition) is 1. The molecular weight excluding hydrogens is 387 g/mol. The van der Waals surface area contributed by atoms with Crippen molar-refractivity contribution in [1.29, 1.82) is 0 Å². The van der Waals surface area contributed by atoms with Crippen molar-refractivity contribution in [2.24, 2.45) is 0 Å². The highest BCUT2D eigenvalue weighted by molar-refractivity contribution is 6.30. The molecule has 2 saturated heterocycles. The summed E-state index contributed by atoms with van der Waals surface area (Å²) in [4.78, 5) is 2.38. The number of halogens is 4. The minimum atomic E-state index is -4.40. The molecule has 0 aromatic heterocycles. The van der Waals surface area contributed by atoms with Crippen LogP contribution in [0.4, 0.5) is 13.2 Å². The van der Waals surface area contributed by atoms with Crippen molar-refractivity contribution in [3.05, 3.63) is 70.2 Å². The van der Waals surface area contributed by atoms with Crippen molar-refractivity contribution >= 4 is 11.6 Å². The monoisotopic (exact) mass is 409 g/mol. The standard InChI is InChI=1S/C22H23ClF3NO/c23-19-7-4-15(5-8-19)16-6-9-20-13-21(28,10-11-27(20)14-16)17-2-1-3-18(12-17)22(24,25)26/h1-5,7-8,12,16,20,28H,6,9-11,13-14H2/t16-,20+,21+/m1/s1. The number of benzene rings is 2. The van der Waals surface area contributed by atoms with Crippen molar-refractivity contribution in [3.8, 4) is 0 Å². The molecule has 2 heterocycles. The molecule has 0 unspecified atom stereocenters. The van der Waals surface area contributed by atoms with E-state index in [2.05, 4.69) is 17.0 Å². The van der Waals surface area contributed by atoms with Crippen LogP contribution in [-0.4, -0.2) is 29.1 Å². The summed E-state index contributed by atoms with van der Waals surface area (Å²) in [6, 6.07) is 13.3. The average molecular weight is 410 g/mol. The Morgan fingerprint density at radius 1 is 1.07 bits per heavy atom. The van der Waals surface area contributed by atoms with Crippen LogP contribution in [-0.2, 0) is 11.8 Å². The molecular formula is C22H23ClF3NO. The SMILES string of the molecule is O[C@@]1(c2cccc(C(F)(F)F)c2)CCN2C[C@H](c3ccc(Cl)cc3)CC[C@H]2C1. The molecule has 0 amide bonds. The smallest absolute Gasteiger partial charge is 0.385 e. The lowest BCUT2D eigenvalue weighted by Gasteiger charge is -2.48. The van der Waals surface area contributed by atoms with Crippen LogP contribution in [0, 0.1) is 0 Å². The zero-order valence-corrected chi connectivity index (χ0v) is 16.2. The van der Waals surface area contributed by atoms with Crippen LogP contribution in [0.5, 0.6) is 0 Å². The first-order valence-corrected chi connectivity index (χ1v) is 10.0. The second kappa shape index (κ2) is 7.36. The van der Waals surface area contributed by atoms with E-state index in [1.165, 1.54) is 11.6 Å². The summed E-state index contributed by atoms with van der Waals surface area (Å²) >= 11 is 5.98. The van der Waals surface area contributed by atoms with Gasteiger partial charge in [-0.15, -0.1) is 0 Å². The molecule has 3 atom stereocenters. The van der Waals surface area contributed by atoms with Gasteiger partial charge in [0.1, 0.15) is 0 Å². The maximum atomic E-state index is 13.1. The normalized spacial score (nSPS) is 28.8. The summed E-state index contributed by atoms with van der Waals surface area (Å²) in [7, 11) is 0. The summed E-state index contributed by atoms with van der Waals surface area (Å²) in [6.45, 7) is 1.59. The summed E-state index contributed by atoms with van der Waals surface area (Å²) in [5.41, 5.74) is -0.258. The van der Waals surface area contributed by atoms with Gasteiger partial charge in [-0.25, -0.2) is 0 Å². The van der Waals surface area contributed by atoms with Crippen LogP contribution in [0.3, 0.4) is 0 Å². The number of nitrogens with zero attached hydrogens (tertiary/aromatic N) is 1. The predicted molar refractivity (Wildman–Crippen MR) is 103 cm³/mol. The third-order valence-corrected chi connectivity index (χ3v) is 6.53. The summed E-state index contributed by atoms with van der Waals surface area (Å²) in [5.74, 6) is 0.424. The largest absolute Gasteiger partial charge is 0.416 e. The average Bonchev–Trinajstić information content (AvgIpc) is 2.68. The minimum absolute atomic E-state index is 0.192. The zero-order valence-electron chi connectivity index (χ0n) is 15.4. The molecule has 0 saturated carbocycles. The quantitative estimate of drug-likeness (QED) is 0.699. The van der Waals surface area contributed by atoms with E-state index < -0.39 is 17.3 Å². The molecule has 6 heteroatoms. The van der Waals surface area contributed by atoms with Gasteiger partial charge in [-0.05, 0) is 67.0 Å². The fraction of sp³-hybridized carbons (Fsp3) is 0.455. The Labute approximate surface area is 167 Å². The molecule has 2 aromatic rings. The summed E-state index contributed by atoms with van der Waals surface area (Å²) < 4.78 is 39.2. The Hall–Kier alpha value is -1.56. The molecule has 2 aliphatic heterocycles. The van der Waals surface area contributed by atoms with Gasteiger partial charge in [0.15, 0.2) is 0 Å². The number of hydrogen-bond acceptors (Lipinski definition) is 2. The van der Waals surface area contributed by atoms with E-state index in [4.69, 9.17) is 11.6 Å². The molecule has 0 spiro atoms. The van der Waals surface area contributed by atoms with Gasteiger partial charge in [-0.2, -0.15) is 13.2 Å². The molecule has 2 fully saturated rings. The topological polar surface area (TPSA) is 23.5 Å². The van der Waals surface area contributed by atoms with E-state index in [1.54, 1.807) is 6.07 Å². The third-order valence-electron chi connectivity index (χ3n) is 6.27. The highest BCUT2D eigenvalue weighted by Crippen LogP contribution is 2.43. The third kappa shape index (κ3) is 3.93. The van der Waals surface area contributed by atoms with Gasteiger partial charge in [-0.1, -0.05) is 35.9 Å². The fourth-order valence-electron chi connectivity index (χ4n) is 4.68. The number of alkyl halides is 3. The van der Waals surface area contributed by atoms with Gasteiger partial charge in [0.25, 0.3) is 0 Å². The van der Waals surface area contributed by atoms with Crippen LogP contribution in [0.25, 0.3) is 0 Å². The molecule has 0 aliphatic carbocycles. The molecule has 2 aliphatic rings. The first-order valence-electron chi connectivity index (χ1n) is 9.64. The van der Waals surface area contributed by atoms with Gasteiger partial charge >= 0.3 is 6.18 Å². The highest BCUT2D eigenvalue weighted by atomic mass is 35.5. The minimum Gasteiger partial charge on any atom is -0.385 e. The molecule has 2 aromatic carbocycles. The second-order valence-electron chi connectivity index (χ2n) is 8.04. The Morgan fingerprint density at radius 3 is 2.54 bits per heavy atom. The number of aliphatic hydroxyl groups is 1. The summed E-state index contributed by atoms with van der Waals surface area (Å²) in [6.07, 6.45) is -1.56. The number of fused-ring (bicyclic) bond motifs is 1. The van der Waals surface area contributed by atoms with Crippen LogP contribution >= 0.6 is 11.6 Å². The lowest BCUT2D eigenvalue weighted by atomic mass is 9.75. The van der Waals surface area contributed by atoms with Crippen LogP contribution < -0.4 is 0 Å². The Bertz CT molecular complexity index is 838. The zero-order chi connectivity index (χ0) is 19.9. The lowest BCUT2D eigenvalue weighted by Crippen LogP contribution is -2.52. The van der Waals surface area contributed by atoms with Crippen molar-refractivity contribution in [1.82, 2.24) is 4.90 Å². The van der Waals surface area contributed by atoms with E-state index in [-0.39, 0.29) is 6.04 Å². The van der Waals surface area contributed by atoms with Crippen LogP contribution in [0.15, 0.2) is 48.5 Å². The van der Waals surface area contributed by atoms with Gasteiger partial charge in [0.05, 0.1) is 11.2 Å². The Morgan fingerprint density at radius 2 is 1.82 bits per heavy atom. The Balaban J connectivity index is 1.48. The molecule has 0 bridgehead atoms. The fourth-order valence-corrected chi connectivity index (χ4v) is 4.81. The van der Waals surface area contributed by atoms with Gasteiger partial charge in [0, 0.05) is 24.2 Å². The molecule has 2 nitrogen and oxygen atoms in total. The van der Waals surface area contributed by atoms with Crippen molar-refractivity contribution in [2.75, 3.05) is 13.1 Å². The number of rotatable bonds is 2. The van der Waals surface area contributed by atoms with Crippen molar-refractivity contribution in [3.63, 3.8) is 0 Å². The first-order chi connectivity index (χ1) is 13.2. The molecule has 1 N–H and O–H groups in total. The van der Waals surface area contributed by atoms with Crippen LogP contribution in [0.2, 0.25) is 5.02 Å². The van der Waals surface area contributed by atoms with E-state index >= 15 is 0 Å². The maximum absolute atomic E-state index is 13.1. The number of piperidine rings is 2. The van der Waals surface area contributed by atoms with E-state index in [9.17, 15) is 18.3 Å². The van der Waals surface area contributed by atoms with Crippen molar-refractivity contribution < 1.29 is 18.3 Å². The second-order valence-corrected chi connectivity index (χ2v) is 8.48. The molecule has 28 heavy (non-hydrogen) atoms. The van der Waals surface area contributed by atoms with E-state index in [1.807, 2.05) is 12.1 Å². The van der Waals surface area contributed by atoms with Gasteiger partial charge in [0.2, 0.25) is 0 Å². The van der Waals surface area contributed by atoms with Crippen molar-refractivity contribution in [2.45, 2.75) is 49.4 Å². The van der Waals surface area contributed by atoms with E-state index in [0.717, 1.165) is 36.5 Å². The summed E-state index contributed by atoms with van der Waals surface area (Å²) in [5, 5.41) is 11.9. The lowest BCUT2D eigenvalue weighted by molar-refractivity contribution is -0.137. The van der Waals surface area contributed by atoms with Gasteiger partial charge < -0.3 is 5.11 Å². The molecule has 150 valence electrons. The Kier molecular flexibility index (Phi) is 5.19. The van der Waals surface area contributed by atoms with E-state index in [0.29, 0.717) is 30.9 Å². The molecule has 0 radical (unpaired) electrons. The first kappa shape index (κ1) is 19.7. The highest BCUT2D eigenvalue weighted by Gasteiger charge is 2.43. The maximum Gasteiger partial charge on any atom is 0.416 e.